The highest BCUT2D eigenvalue weighted by Gasteiger charge is 2.17. The molecule has 3 heterocycles. The maximum absolute atomic E-state index is 12.3. The predicted molar refractivity (Wildman–Crippen MR) is 94.4 cm³/mol. The van der Waals surface area contributed by atoms with E-state index in [9.17, 15) is 4.79 Å². The third-order valence-corrected chi connectivity index (χ3v) is 5.20. The number of amides is 1. The molecular weight excluding hydrogens is 340 g/mol. The van der Waals surface area contributed by atoms with Gasteiger partial charge in [-0.2, -0.15) is 0 Å². The van der Waals surface area contributed by atoms with E-state index in [1.165, 1.54) is 18.2 Å². The second kappa shape index (κ2) is 7.35. The number of hydrogen-bond acceptors (Lipinski definition) is 6. The van der Waals surface area contributed by atoms with Gasteiger partial charge in [-0.15, -0.1) is 10.2 Å². The van der Waals surface area contributed by atoms with Crippen molar-refractivity contribution in [2.24, 2.45) is 0 Å². The number of thioether (sulfide) groups is 1. The summed E-state index contributed by atoms with van der Waals surface area (Å²) in [6, 6.07) is 5.43. The fourth-order valence-electron chi connectivity index (χ4n) is 3.01. The van der Waals surface area contributed by atoms with E-state index in [0.717, 1.165) is 36.8 Å². The van der Waals surface area contributed by atoms with Crippen LogP contribution < -0.4 is 14.8 Å². The van der Waals surface area contributed by atoms with Crippen molar-refractivity contribution in [1.29, 1.82) is 0 Å². The summed E-state index contributed by atoms with van der Waals surface area (Å²) in [7, 11) is 0. The van der Waals surface area contributed by atoms with E-state index in [2.05, 4.69) is 20.1 Å². The Bertz CT molecular complexity index is 777. The number of ether oxygens (including phenoxy) is 2. The molecule has 0 saturated carbocycles. The summed E-state index contributed by atoms with van der Waals surface area (Å²) >= 11 is 1.43. The minimum absolute atomic E-state index is 0.0763. The number of nitrogens with one attached hydrogen (secondary N) is 1. The first-order valence-corrected chi connectivity index (χ1v) is 9.52. The lowest BCUT2D eigenvalue weighted by molar-refractivity contribution is -0.113. The van der Waals surface area contributed by atoms with Crippen molar-refractivity contribution in [3.8, 4) is 11.5 Å². The summed E-state index contributed by atoms with van der Waals surface area (Å²) < 4.78 is 13.2. The minimum Gasteiger partial charge on any atom is -0.486 e. The standard InChI is InChI=1S/C17H20N4O3S/c22-16(18-12-5-6-13-14(10-12)24-9-8-23-13)11-25-17-20-19-15-4-2-1-3-7-21(15)17/h5-6,10H,1-4,7-9,11H2,(H,18,22). The molecule has 25 heavy (non-hydrogen) atoms. The van der Waals surface area contributed by atoms with Gasteiger partial charge in [0.25, 0.3) is 0 Å². The largest absolute Gasteiger partial charge is 0.486 e. The van der Waals surface area contributed by atoms with Crippen LogP contribution in [0.5, 0.6) is 11.5 Å². The molecule has 132 valence electrons. The van der Waals surface area contributed by atoms with Gasteiger partial charge >= 0.3 is 0 Å². The van der Waals surface area contributed by atoms with Crippen molar-refractivity contribution >= 4 is 23.4 Å². The lowest BCUT2D eigenvalue weighted by Crippen LogP contribution is -2.17. The van der Waals surface area contributed by atoms with Crippen LogP contribution in [0, 0.1) is 0 Å². The number of aryl methyl sites for hydroxylation is 1. The second-order valence-electron chi connectivity index (χ2n) is 6.06. The van der Waals surface area contributed by atoms with Crippen LogP contribution in [0.4, 0.5) is 5.69 Å². The van der Waals surface area contributed by atoms with Crippen LogP contribution >= 0.6 is 11.8 Å². The van der Waals surface area contributed by atoms with Crippen molar-refractivity contribution in [3.63, 3.8) is 0 Å². The molecule has 0 unspecified atom stereocenters. The molecule has 0 bridgehead atoms. The Morgan fingerprint density at radius 1 is 1.16 bits per heavy atom. The number of anilines is 1. The molecule has 0 aliphatic carbocycles. The van der Waals surface area contributed by atoms with Crippen LogP contribution in [0.15, 0.2) is 23.4 Å². The van der Waals surface area contributed by atoms with Gasteiger partial charge < -0.3 is 19.4 Å². The van der Waals surface area contributed by atoms with Gasteiger partial charge in [0.1, 0.15) is 19.0 Å². The molecule has 0 atom stereocenters. The van der Waals surface area contributed by atoms with Gasteiger partial charge in [-0.1, -0.05) is 18.2 Å². The maximum atomic E-state index is 12.3. The summed E-state index contributed by atoms with van der Waals surface area (Å²) in [5.74, 6) is 2.64. The fourth-order valence-corrected chi connectivity index (χ4v) is 3.80. The summed E-state index contributed by atoms with van der Waals surface area (Å²) in [5.41, 5.74) is 0.704. The van der Waals surface area contributed by atoms with E-state index < -0.39 is 0 Å². The SMILES string of the molecule is O=C(CSc1nnc2n1CCCCC2)Nc1ccc2c(c1)OCCO2. The molecule has 0 fully saturated rings. The first-order valence-electron chi connectivity index (χ1n) is 8.54. The zero-order valence-electron chi connectivity index (χ0n) is 13.9. The van der Waals surface area contributed by atoms with Gasteiger partial charge in [-0.05, 0) is 25.0 Å². The highest BCUT2D eigenvalue weighted by Crippen LogP contribution is 2.32. The second-order valence-corrected chi connectivity index (χ2v) is 7.00. The quantitative estimate of drug-likeness (QED) is 0.844. The Morgan fingerprint density at radius 2 is 2.04 bits per heavy atom. The van der Waals surface area contributed by atoms with Gasteiger partial charge in [0, 0.05) is 24.7 Å². The number of fused-ring (bicyclic) bond motifs is 2. The van der Waals surface area contributed by atoms with Crippen LogP contribution in [0.3, 0.4) is 0 Å². The van der Waals surface area contributed by atoms with Gasteiger partial charge in [0.2, 0.25) is 5.91 Å². The number of benzene rings is 1. The summed E-state index contributed by atoms with van der Waals surface area (Å²) in [6.07, 6.45) is 4.49. The average Bonchev–Trinajstić information content (AvgIpc) is 2.86. The van der Waals surface area contributed by atoms with Gasteiger partial charge in [-0.25, -0.2) is 0 Å². The van der Waals surface area contributed by atoms with Gasteiger partial charge in [0.15, 0.2) is 16.7 Å². The maximum Gasteiger partial charge on any atom is 0.234 e. The predicted octanol–water partition coefficient (Wildman–Crippen LogP) is 2.51. The van der Waals surface area contributed by atoms with Crippen LogP contribution in [-0.4, -0.2) is 39.6 Å². The highest BCUT2D eigenvalue weighted by molar-refractivity contribution is 7.99. The van der Waals surface area contributed by atoms with E-state index in [4.69, 9.17) is 9.47 Å². The Morgan fingerprint density at radius 3 is 2.96 bits per heavy atom. The van der Waals surface area contributed by atoms with Crippen LogP contribution in [0.1, 0.15) is 25.1 Å². The zero-order valence-corrected chi connectivity index (χ0v) is 14.7. The molecule has 0 spiro atoms. The number of carbonyl (C=O) groups is 1. The molecular formula is C17H20N4O3S. The Labute approximate surface area is 150 Å². The third kappa shape index (κ3) is 3.73. The Kier molecular flexibility index (Phi) is 4.78. The summed E-state index contributed by atoms with van der Waals surface area (Å²) in [5, 5.41) is 12.2. The fraction of sp³-hybridized carbons (Fsp3) is 0.471. The third-order valence-electron chi connectivity index (χ3n) is 4.23. The number of nitrogens with zero attached hydrogens (tertiary/aromatic N) is 3. The van der Waals surface area contributed by atoms with Crippen LogP contribution in [-0.2, 0) is 17.8 Å². The van der Waals surface area contributed by atoms with E-state index in [1.54, 1.807) is 6.07 Å². The molecule has 1 amide bonds. The number of carbonyl (C=O) groups excluding carboxylic acids is 1. The van der Waals surface area contributed by atoms with Crippen molar-refractivity contribution in [3.05, 3.63) is 24.0 Å². The summed E-state index contributed by atoms with van der Waals surface area (Å²) in [6.45, 7) is 2.02. The first-order chi connectivity index (χ1) is 12.3. The molecule has 1 N–H and O–H groups in total. The average molecular weight is 360 g/mol. The topological polar surface area (TPSA) is 78.3 Å². The normalized spacial score (nSPS) is 16.0. The van der Waals surface area contributed by atoms with Gasteiger partial charge in [0.05, 0.1) is 5.75 Å². The molecule has 1 aromatic carbocycles. The molecule has 0 radical (unpaired) electrons. The molecule has 1 aromatic heterocycles. The lowest BCUT2D eigenvalue weighted by Gasteiger charge is -2.19. The smallest absolute Gasteiger partial charge is 0.234 e. The van der Waals surface area contributed by atoms with Crippen LogP contribution in [0.2, 0.25) is 0 Å². The van der Waals surface area contributed by atoms with E-state index in [0.29, 0.717) is 36.2 Å². The number of aromatic nitrogens is 3. The van der Waals surface area contributed by atoms with E-state index >= 15 is 0 Å². The minimum atomic E-state index is -0.0763. The highest BCUT2D eigenvalue weighted by atomic mass is 32.2. The Balaban J connectivity index is 1.36. The lowest BCUT2D eigenvalue weighted by atomic mass is 10.2. The summed E-state index contributed by atoms with van der Waals surface area (Å²) in [4.78, 5) is 12.3. The van der Waals surface area contributed by atoms with Crippen molar-refractivity contribution < 1.29 is 14.3 Å². The van der Waals surface area contributed by atoms with Crippen molar-refractivity contribution in [1.82, 2.24) is 14.8 Å². The monoisotopic (exact) mass is 360 g/mol. The zero-order chi connectivity index (χ0) is 17.1. The molecule has 2 aliphatic heterocycles. The number of hydrogen-bond donors (Lipinski definition) is 1. The van der Waals surface area contributed by atoms with Crippen molar-refractivity contribution in [2.75, 3.05) is 24.3 Å². The van der Waals surface area contributed by atoms with E-state index in [-0.39, 0.29) is 5.91 Å². The van der Waals surface area contributed by atoms with Crippen LogP contribution in [0.25, 0.3) is 0 Å². The van der Waals surface area contributed by atoms with Gasteiger partial charge in [-0.3, -0.25) is 4.79 Å². The molecule has 4 rings (SSSR count). The molecule has 0 saturated heterocycles. The Hall–Kier alpha value is -2.22. The molecule has 7 nitrogen and oxygen atoms in total. The molecule has 2 aliphatic rings. The molecule has 8 heteroatoms. The number of rotatable bonds is 4. The molecule has 2 aromatic rings. The first kappa shape index (κ1) is 16.3. The van der Waals surface area contributed by atoms with Crippen molar-refractivity contribution in [2.45, 2.75) is 37.4 Å². The van der Waals surface area contributed by atoms with E-state index in [1.807, 2.05) is 12.1 Å².